The Morgan fingerprint density at radius 3 is 2.14 bits per heavy atom. The van der Waals surface area contributed by atoms with Gasteiger partial charge in [-0.25, -0.2) is 0 Å². The van der Waals surface area contributed by atoms with E-state index in [1.165, 1.54) is 0 Å². The van der Waals surface area contributed by atoms with Gasteiger partial charge in [0.25, 0.3) is 0 Å². The highest BCUT2D eigenvalue weighted by Gasteiger charge is 2.54. The monoisotopic (exact) mass is 613 g/mol. The second kappa shape index (κ2) is 14.6. The molecule has 16 N–H and O–H groups in total. The van der Waals surface area contributed by atoms with E-state index in [2.05, 4.69) is 5.32 Å². The molecule has 1 saturated carbocycles. The fraction of sp³-hybridized carbons (Fsp3) is 1.00. The molecule has 0 spiro atoms. The number of hydrogen-bond donors (Lipinski definition) is 12. The Hall–Kier alpha value is -0.720. The zero-order chi connectivity index (χ0) is 30.9. The number of rotatable bonds is 10. The Bertz CT molecular complexity index is 851. The second-order valence-corrected chi connectivity index (χ2v) is 11.4. The van der Waals surface area contributed by atoms with Gasteiger partial charge in [0.05, 0.1) is 50.2 Å². The van der Waals surface area contributed by atoms with Gasteiger partial charge < -0.3 is 92.4 Å². The van der Waals surface area contributed by atoms with Gasteiger partial charge in [-0.1, -0.05) is 0 Å². The van der Waals surface area contributed by atoms with Crippen molar-refractivity contribution in [2.75, 3.05) is 26.9 Å². The van der Waals surface area contributed by atoms with Gasteiger partial charge in [-0.15, -0.1) is 0 Å². The van der Waals surface area contributed by atoms with E-state index in [4.69, 9.17) is 56.5 Å². The number of hydrogen-bond acceptors (Lipinski definition) is 18. The van der Waals surface area contributed by atoms with Crippen LogP contribution in [0.1, 0.15) is 12.8 Å². The first-order chi connectivity index (χ1) is 19.9. The van der Waals surface area contributed by atoms with Gasteiger partial charge in [0.2, 0.25) is 0 Å². The fourth-order valence-electron chi connectivity index (χ4n) is 5.90. The van der Waals surface area contributed by atoms with Crippen LogP contribution >= 0.6 is 0 Å². The van der Waals surface area contributed by atoms with Crippen LogP contribution in [0.4, 0.5) is 0 Å². The highest BCUT2D eigenvalue weighted by atomic mass is 16.8. The maximum atomic E-state index is 11.3. The van der Waals surface area contributed by atoms with Crippen molar-refractivity contribution in [1.82, 2.24) is 5.32 Å². The number of likely N-dealkylation sites (N-methyl/N-ethyl adjacent to an activating group) is 1. The Labute approximate surface area is 242 Å². The number of nitrogens with two attached hydrogens (primary N) is 4. The van der Waals surface area contributed by atoms with Crippen LogP contribution in [0.25, 0.3) is 0 Å². The molecule has 246 valence electrons. The van der Waals surface area contributed by atoms with Crippen molar-refractivity contribution in [2.45, 2.75) is 123 Å². The van der Waals surface area contributed by atoms with Crippen molar-refractivity contribution in [3.8, 4) is 0 Å². The minimum absolute atomic E-state index is 0.127. The molecule has 18 heteroatoms. The van der Waals surface area contributed by atoms with Gasteiger partial charge in [-0.05, 0) is 19.9 Å². The third-order valence-corrected chi connectivity index (χ3v) is 8.41. The first-order valence-electron chi connectivity index (χ1n) is 14.1. The van der Waals surface area contributed by atoms with Crippen LogP contribution in [0.2, 0.25) is 0 Å². The number of fused-ring (bicyclic) bond motifs is 1. The summed E-state index contributed by atoms with van der Waals surface area (Å²) in [7, 11) is 1.55. The van der Waals surface area contributed by atoms with Crippen molar-refractivity contribution >= 4 is 0 Å². The van der Waals surface area contributed by atoms with Gasteiger partial charge >= 0.3 is 0 Å². The van der Waals surface area contributed by atoms with Crippen molar-refractivity contribution < 1.29 is 64.2 Å². The quantitative estimate of drug-likeness (QED) is 0.109. The Morgan fingerprint density at radius 1 is 0.786 bits per heavy atom. The molecular weight excluding hydrogens is 566 g/mol. The number of aliphatic hydroxyl groups is 7. The molecule has 3 heterocycles. The number of nitrogens with one attached hydrogen (secondary N) is 1. The van der Waals surface area contributed by atoms with Gasteiger partial charge in [-0.2, -0.15) is 0 Å². The lowest BCUT2D eigenvalue weighted by molar-refractivity contribution is -0.373. The molecule has 0 aromatic rings. The molecule has 0 bridgehead atoms. The van der Waals surface area contributed by atoms with Gasteiger partial charge in [0.15, 0.2) is 18.9 Å². The van der Waals surface area contributed by atoms with Crippen molar-refractivity contribution in [3.05, 3.63) is 0 Å². The predicted octanol–water partition coefficient (Wildman–Crippen LogP) is -7.57. The van der Waals surface area contributed by atoms with Crippen molar-refractivity contribution in [2.24, 2.45) is 22.9 Å². The van der Waals surface area contributed by atoms with Crippen LogP contribution in [0, 0.1) is 0 Å². The lowest BCUT2D eigenvalue weighted by atomic mass is 9.84. The van der Waals surface area contributed by atoms with Crippen LogP contribution in [0.15, 0.2) is 0 Å². The molecule has 4 aliphatic rings. The SMILES string of the molecule is CNC1C(O)C2O[C@H](O[C@@H]3C(N)C[C@@H](N)[C@@H](O)[C@H]3OCC(O)CO)C(N)C[C@@H]2O[C@@H]1O[C@H]1OC(CO)[C@@H](N)[C@H](O)C1O. The van der Waals surface area contributed by atoms with Gasteiger partial charge in [0, 0.05) is 12.1 Å². The van der Waals surface area contributed by atoms with Crippen LogP contribution in [-0.4, -0.2) is 173 Å². The Balaban J connectivity index is 1.44. The molecule has 0 radical (unpaired) electrons. The summed E-state index contributed by atoms with van der Waals surface area (Å²) in [6.07, 6.45) is -14.8. The first kappa shape index (κ1) is 34.2. The van der Waals surface area contributed by atoms with Crippen molar-refractivity contribution in [1.29, 1.82) is 0 Å². The van der Waals surface area contributed by atoms with E-state index in [-0.39, 0.29) is 19.4 Å². The molecule has 0 aromatic heterocycles. The van der Waals surface area contributed by atoms with Crippen LogP contribution in [0.3, 0.4) is 0 Å². The molecule has 1 aliphatic carbocycles. The summed E-state index contributed by atoms with van der Waals surface area (Å²) in [5.41, 5.74) is 24.5. The highest BCUT2D eigenvalue weighted by Crippen LogP contribution is 2.35. The average molecular weight is 614 g/mol. The van der Waals surface area contributed by atoms with E-state index in [0.717, 1.165) is 0 Å². The summed E-state index contributed by atoms with van der Waals surface area (Å²) in [5, 5.41) is 74.0. The topological polar surface area (TPSA) is 313 Å². The van der Waals surface area contributed by atoms with E-state index in [0.29, 0.717) is 0 Å². The van der Waals surface area contributed by atoms with Crippen molar-refractivity contribution in [3.63, 3.8) is 0 Å². The van der Waals surface area contributed by atoms with Crippen LogP contribution < -0.4 is 28.3 Å². The smallest absolute Gasteiger partial charge is 0.189 e. The highest BCUT2D eigenvalue weighted by molar-refractivity contribution is 5.02. The molecule has 42 heavy (non-hydrogen) atoms. The molecule has 0 aromatic carbocycles. The molecule has 18 nitrogen and oxygen atoms in total. The maximum Gasteiger partial charge on any atom is 0.189 e. The molecule has 18 atom stereocenters. The zero-order valence-corrected chi connectivity index (χ0v) is 23.3. The van der Waals surface area contributed by atoms with E-state index in [9.17, 15) is 30.6 Å². The largest absolute Gasteiger partial charge is 0.394 e. The normalized spacial score (nSPS) is 50.7. The molecule has 4 rings (SSSR count). The average Bonchev–Trinajstić information content (AvgIpc) is 2.96. The lowest BCUT2D eigenvalue weighted by Gasteiger charge is -2.51. The molecule has 4 fully saturated rings. The van der Waals surface area contributed by atoms with Crippen LogP contribution in [0.5, 0.6) is 0 Å². The first-order valence-corrected chi connectivity index (χ1v) is 14.1. The van der Waals surface area contributed by atoms with E-state index in [1.807, 2.05) is 0 Å². The van der Waals surface area contributed by atoms with Crippen LogP contribution in [-0.2, 0) is 28.4 Å². The standard InChI is InChI=1S/C24H47N5O13/c1-29-14-17(35)20-11(38-23(14)42-24-18(36)16(34)13(28)12(5-31)39-24)3-10(27)22(41-20)40-19-9(26)2-8(25)15(33)21(19)37-6-7(32)4-30/h7-24,29-36H,2-6,25-28H2,1H3/t7?,8-,9?,10?,11+,12?,13-,14?,15-,16+,17?,18?,19-,20?,21-,22+,23-,24-/m1/s1. The summed E-state index contributed by atoms with van der Waals surface area (Å²) < 4.78 is 35.3. The summed E-state index contributed by atoms with van der Waals surface area (Å²) in [6.45, 7) is -1.38. The number of ether oxygens (including phenoxy) is 6. The third kappa shape index (κ3) is 7.06. The summed E-state index contributed by atoms with van der Waals surface area (Å²) in [5.74, 6) is 0. The third-order valence-electron chi connectivity index (χ3n) is 8.41. The molecule has 8 unspecified atom stereocenters. The second-order valence-electron chi connectivity index (χ2n) is 11.4. The van der Waals surface area contributed by atoms with Gasteiger partial charge in [0.1, 0.15) is 48.8 Å². The zero-order valence-electron chi connectivity index (χ0n) is 23.3. The van der Waals surface area contributed by atoms with Gasteiger partial charge in [-0.3, -0.25) is 0 Å². The minimum atomic E-state index is -1.56. The number of aliphatic hydroxyl groups excluding tert-OH is 7. The summed E-state index contributed by atoms with van der Waals surface area (Å²) in [4.78, 5) is 0. The maximum absolute atomic E-state index is 11.3. The molecule has 3 aliphatic heterocycles. The summed E-state index contributed by atoms with van der Waals surface area (Å²) >= 11 is 0. The van der Waals surface area contributed by atoms with E-state index < -0.39 is 123 Å². The van der Waals surface area contributed by atoms with E-state index >= 15 is 0 Å². The molecular formula is C24H47N5O13. The fourth-order valence-corrected chi connectivity index (χ4v) is 5.90. The predicted molar refractivity (Wildman–Crippen MR) is 140 cm³/mol. The minimum Gasteiger partial charge on any atom is -0.394 e. The van der Waals surface area contributed by atoms with E-state index in [1.54, 1.807) is 7.05 Å². The Kier molecular flexibility index (Phi) is 11.9. The lowest BCUT2D eigenvalue weighted by Crippen LogP contribution is -2.70. The summed E-state index contributed by atoms with van der Waals surface area (Å²) in [6, 6.07) is -4.18. The molecule has 3 saturated heterocycles. The molecule has 0 amide bonds. The Morgan fingerprint density at radius 2 is 1.50 bits per heavy atom.